The Morgan fingerprint density at radius 1 is 1.25 bits per heavy atom. The molecule has 0 radical (unpaired) electrons. The highest BCUT2D eigenvalue weighted by Crippen LogP contribution is 2.39. The fraction of sp³-hybridized carbons (Fsp3) is 0.357. The van der Waals surface area contributed by atoms with E-state index in [-0.39, 0.29) is 30.6 Å². The van der Waals surface area contributed by atoms with Crippen molar-refractivity contribution in [2.75, 3.05) is 6.54 Å². The number of rotatable bonds is 2. The highest BCUT2D eigenvalue weighted by Gasteiger charge is 2.42. The first-order valence-corrected chi connectivity index (χ1v) is 7.64. The number of ether oxygens (including phenoxy) is 1. The minimum atomic E-state index is -4.90. The molecule has 2 heterocycles. The summed E-state index contributed by atoms with van der Waals surface area (Å²) in [6.45, 7) is -0.268. The van der Waals surface area contributed by atoms with Crippen molar-refractivity contribution in [3.8, 4) is 5.75 Å². The van der Waals surface area contributed by atoms with E-state index in [1.165, 1.54) is 6.07 Å². The predicted octanol–water partition coefficient (Wildman–Crippen LogP) is 1.76. The molecule has 1 unspecified atom stereocenters. The van der Waals surface area contributed by atoms with Crippen molar-refractivity contribution < 1.29 is 32.3 Å². The number of alkyl halides is 3. The van der Waals surface area contributed by atoms with Gasteiger partial charge >= 0.3 is 6.36 Å². The molecule has 0 spiro atoms. The summed E-state index contributed by atoms with van der Waals surface area (Å²) in [7, 11) is 0. The molecule has 1 aromatic carbocycles. The van der Waals surface area contributed by atoms with Crippen LogP contribution in [-0.4, -0.2) is 41.4 Å². The van der Waals surface area contributed by atoms with Crippen LogP contribution in [0.5, 0.6) is 5.75 Å². The molecule has 1 fully saturated rings. The Balaban J connectivity index is 1.94. The fourth-order valence-electron chi connectivity index (χ4n) is 2.79. The third-order valence-electron chi connectivity index (χ3n) is 3.82. The van der Waals surface area contributed by atoms with Crippen LogP contribution in [0.1, 0.15) is 22.3 Å². The number of fused-ring (bicyclic) bond motifs is 1. The van der Waals surface area contributed by atoms with Gasteiger partial charge in [-0.05, 0) is 28.1 Å². The van der Waals surface area contributed by atoms with Gasteiger partial charge in [0.1, 0.15) is 11.8 Å². The number of carbonyl (C=O) groups excluding carboxylic acids is 3. The summed E-state index contributed by atoms with van der Waals surface area (Å²) in [6.07, 6.45) is -5.26. The standard InChI is InChI=1S/C14H10BrF3N2O4/c15-7-1-2-10(24-14(16,17)18)6-5-20(13(23)12(6)7)8-4-19-11(22)3-9(8)21/h1-2,8H,3-5H2,(H,19,22). The molecular formula is C14H10BrF3N2O4. The number of benzene rings is 1. The van der Waals surface area contributed by atoms with Crippen molar-refractivity contribution in [3.63, 3.8) is 0 Å². The van der Waals surface area contributed by atoms with Gasteiger partial charge in [0.15, 0.2) is 5.78 Å². The fourth-order valence-corrected chi connectivity index (χ4v) is 3.33. The zero-order chi connectivity index (χ0) is 17.6. The number of nitrogens with zero attached hydrogens (tertiary/aromatic N) is 1. The van der Waals surface area contributed by atoms with E-state index in [2.05, 4.69) is 26.0 Å². The van der Waals surface area contributed by atoms with Crippen LogP contribution < -0.4 is 10.1 Å². The number of carbonyl (C=O) groups is 3. The second kappa shape index (κ2) is 5.76. The number of amides is 2. The SMILES string of the molecule is O=C1CC(=O)C(N2Cc3c(OC(F)(F)F)ccc(Br)c3C2=O)CN1. The average molecular weight is 407 g/mol. The van der Waals surface area contributed by atoms with Gasteiger partial charge in [-0.25, -0.2) is 0 Å². The second-order valence-electron chi connectivity index (χ2n) is 5.34. The Labute approximate surface area is 142 Å². The van der Waals surface area contributed by atoms with Gasteiger partial charge in [-0.15, -0.1) is 13.2 Å². The van der Waals surface area contributed by atoms with Crippen molar-refractivity contribution in [3.05, 3.63) is 27.7 Å². The summed E-state index contributed by atoms with van der Waals surface area (Å²) < 4.78 is 41.9. The summed E-state index contributed by atoms with van der Waals surface area (Å²) in [5.41, 5.74) is 0.0813. The van der Waals surface area contributed by atoms with Crippen LogP contribution in [0.15, 0.2) is 16.6 Å². The molecule has 0 bridgehead atoms. The summed E-state index contributed by atoms with van der Waals surface area (Å²) >= 11 is 3.14. The summed E-state index contributed by atoms with van der Waals surface area (Å²) in [4.78, 5) is 36.9. The van der Waals surface area contributed by atoms with Gasteiger partial charge in [0.2, 0.25) is 5.91 Å². The largest absolute Gasteiger partial charge is 0.573 e. The first-order valence-electron chi connectivity index (χ1n) is 6.85. The van der Waals surface area contributed by atoms with Gasteiger partial charge in [0.05, 0.1) is 18.5 Å². The average Bonchev–Trinajstić information content (AvgIpc) is 2.80. The van der Waals surface area contributed by atoms with Gasteiger partial charge in [-0.2, -0.15) is 0 Å². The van der Waals surface area contributed by atoms with Crippen LogP contribution >= 0.6 is 15.9 Å². The highest BCUT2D eigenvalue weighted by atomic mass is 79.9. The van der Waals surface area contributed by atoms with Crippen LogP contribution in [0.2, 0.25) is 0 Å². The lowest BCUT2D eigenvalue weighted by molar-refractivity contribution is -0.275. The van der Waals surface area contributed by atoms with Crippen LogP contribution in [0.3, 0.4) is 0 Å². The number of halogens is 4. The normalized spacial score (nSPS) is 20.9. The molecule has 0 aliphatic carbocycles. The van der Waals surface area contributed by atoms with Crippen molar-refractivity contribution in [1.82, 2.24) is 10.2 Å². The van der Waals surface area contributed by atoms with Crippen molar-refractivity contribution in [2.45, 2.75) is 25.4 Å². The number of nitrogens with one attached hydrogen (secondary N) is 1. The van der Waals surface area contributed by atoms with E-state index in [1.807, 2.05) is 0 Å². The first kappa shape index (κ1) is 16.7. The first-order chi connectivity index (χ1) is 11.2. The van der Waals surface area contributed by atoms with Crippen LogP contribution in [0.4, 0.5) is 13.2 Å². The van der Waals surface area contributed by atoms with E-state index in [0.29, 0.717) is 4.47 Å². The van der Waals surface area contributed by atoms with Gasteiger partial charge in [0, 0.05) is 16.6 Å². The van der Waals surface area contributed by atoms with Crippen LogP contribution in [-0.2, 0) is 16.1 Å². The minimum Gasteiger partial charge on any atom is -0.405 e. The van der Waals surface area contributed by atoms with E-state index in [0.717, 1.165) is 11.0 Å². The van der Waals surface area contributed by atoms with Gasteiger partial charge in [-0.1, -0.05) is 0 Å². The molecule has 1 atom stereocenters. The van der Waals surface area contributed by atoms with Gasteiger partial charge in [0.25, 0.3) is 5.91 Å². The summed E-state index contributed by atoms with van der Waals surface area (Å²) in [5.74, 6) is -1.96. The molecule has 0 saturated carbocycles. The van der Waals surface area contributed by atoms with E-state index in [1.54, 1.807) is 0 Å². The molecule has 1 N–H and O–H groups in total. The molecule has 2 aliphatic heterocycles. The number of piperidine rings is 1. The summed E-state index contributed by atoms with van der Waals surface area (Å²) in [6, 6.07) is 1.48. The number of Topliss-reactive ketones (excluding diaryl/α,β-unsaturated/α-hetero) is 1. The third kappa shape index (κ3) is 2.97. The molecule has 1 aromatic rings. The van der Waals surface area contributed by atoms with Crippen molar-refractivity contribution in [1.29, 1.82) is 0 Å². The van der Waals surface area contributed by atoms with Crippen LogP contribution in [0.25, 0.3) is 0 Å². The smallest absolute Gasteiger partial charge is 0.405 e. The lowest BCUT2D eigenvalue weighted by atomic mass is 10.0. The number of ketones is 1. The van der Waals surface area contributed by atoms with Gasteiger partial charge < -0.3 is 15.0 Å². The maximum atomic E-state index is 12.6. The zero-order valence-electron chi connectivity index (χ0n) is 11.9. The van der Waals surface area contributed by atoms with E-state index >= 15 is 0 Å². The van der Waals surface area contributed by atoms with E-state index in [4.69, 9.17) is 0 Å². The molecule has 128 valence electrons. The summed E-state index contributed by atoms with van der Waals surface area (Å²) in [5, 5.41) is 2.48. The van der Waals surface area contributed by atoms with Gasteiger partial charge in [-0.3, -0.25) is 14.4 Å². The quantitative estimate of drug-likeness (QED) is 0.759. The maximum Gasteiger partial charge on any atom is 0.573 e. The van der Waals surface area contributed by atoms with E-state index < -0.39 is 35.8 Å². The van der Waals surface area contributed by atoms with Crippen LogP contribution in [0, 0.1) is 0 Å². The Hall–Kier alpha value is -2.10. The topological polar surface area (TPSA) is 75.7 Å². The van der Waals surface area contributed by atoms with E-state index in [9.17, 15) is 27.6 Å². The molecule has 0 aromatic heterocycles. The molecule has 6 nitrogen and oxygen atoms in total. The number of hydrogen-bond donors (Lipinski definition) is 1. The second-order valence-corrected chi connectivity index (χ2v) is 6.20. The Morgan fingerprint density at radius 3 is 2.58 bits per heavy atom. The molecule has 2 aliphatic rings. The molecule has 1 saturated heterocycles. The monoisotopic (exact) mass is 406 g/mol. The zero-order valence-corrected chi connectivity index (χ0v) is 13.5. The molecule has 24 heavy (non-hydrogen) atoms. The highest BCUT2D eigenvalue weighted by molar-refractivity contribution is 9.10. The predicted molar refractivity (Wildman–Crippen MR) is 77.1 cm³/mol. The molecule has 3 rings (SSSR count). The molecule has 10 heteroatoms. The Bertz CT molecular complexity index is 750. The van der Waals surface area contributed by atoms with Crippen molar-refractivity contribution in [2.24, 2.45) is 0 Å². The number of hydrogen-bond acceptors (Lipinski definition) is 4. The third-order valence-corrected chi connectivity index (χ3v) is 4.48. The lowest BCUT2D eigenvalue weighted by Gasteiger charge is -2.29. The van der Waals surface area contributed by atoms with Crippen molar-refractivity contribution >= 4 is 33.5 Å². The molecule has 2 amide bonds. The molecular weight excluding hydrogens is 397 g/mol. The maximum absolute atomic E-state index is 12.6. The minimum absolute atomic E-state index is 0.0291. The Kier molecular flexibility index (Phi) is 4.02. The lowest BCUT2D eigenvalue weighted by Crippen LogP contribution is -2.53. The Morgan fingerprint density at radius 2 is 1.96 bits per heavy atom.